The molecule has 0 spiro atoms. The molecule has 0 bridgehead atoms. The van der Waals surface area contributed by atoms with E-state index in [9.17, 15) is 0 Å². The smallest absolute Gasteiger partial charge is 0.0756 e. The van der Waals surface area contributed by atoms with Gasteiger partial charge >= 0.3 is 0 Å². The number of aromatic nitrogens is 3. The first kappa shape index (κ1) is 14.3. The van der Waals surface area contributed by atoms with Gasteiger partial charge in [-0.05, 0) is 24.5 Å². The van der Waals surface area contributed by atoms with Crippen molar-refractivity contribution in [3.63, 3.8) is 0 Å². The fourth-order valence-electron chi connectivity index (χ4n) is 2.53. The molecule has 3 rings (SSSR count). The van der Waals surface area contributed by atoms with Gasteiger partial charge in [-0.2, -0.15) is 5.10 Å². The topological polar surface area (TPSA) is 42.7 Å². The Morgan fingerprint density at radius 1 is 1.29 bits per heavy atom. The third-order valence-electron chi connectivity index (χ3n) is 3.82. The molecule has 112 valence electrons. The summed E-state index contributed by atoms with van der Waals surface area (Å²) in [7, 11) is 1.98. The number of pyridine rings is 1. The van der Waals surface area contributed by atoms with Crippen molar-refractivity contribution in [2.75, 3.05) is 0 Å². The van der Waals surface area contributed by atoms with E-state index < -0.39 is 0 Å². The lowest BCUT2D eigenvalue weighted by Crippen LogP contribution is -2.15. The van der Waals surface area contributed by atoms with Crippen LogP contribution in [0.5, 0.6) is 0 Å². The van der Waals surface area contributed by atoms with Crippen molar-refractivity contribution in [3.05, 3.63) is 35.9 Å². The molecular weight excluding hydrogens is 260 g/mol. The number of aryl methyl sites for hydroxylation is 1. The quantitative estimate of drug-likeness (QED) is 0.938. The standard InChI is InChI=1S/C17H24N4/c1-17(2,3)16-15(11-21(4)20-16)13-7-12(8-18-10-13)9-19-14-5-6-14/h7-8,10-11,14,19H,5-6,9H2,1-4H3. The minimum atomic E-state index is 0.0266. The van der Waals surface area contributed by atoms with Crippen LogP contribution >= 0.6 is 0 Å². The highest BCUT2D eigenvalue weighted by Crippen LogP contribution is 2.31. The molecule has 0 saturated heterocycles. The fraction of sp³-hybridized carbons (Fsp3) is 0.529. The first-order chi connectivity index (χ1) is 9.93. The molecule has 2 aromatic heterocycles. The molecule has 2 heterocycles. The number of nitrogens with one attached hydrogen (secondary N) is 1. The van der Waals surface area contributed by atoms with E-state index in [0.717, 1.165) is 23.8 Å². The summed E-state index contributed by atoms with van der Waals surface area (Å²) >= 11 is 0. The van der Waals surface area contributed by atoms with Crippen LogP contribution in [0.15, 0.2) is 24.7 Å². The van der Waals surface area contributed by atoms with Crippen LogP contribution in [-0.4, -0.2) is 20.8 Å². The molecule has 0 unspecified atom stereocenters. The fourth-order valence-corrected chi connectivity index (χ4v) is 2.53. The van der Waals surface area contributed by atoms with Crippen molar-refractivity contribution < 1.29 is 0 Å². The van der Waals surface area contributed by atoms with Crippen molar-refractivity contribution in [2.45, 2.75) is 51.6 Å². The predicted octanol–water partition coefficient (Wildman–Crippen LogP) is 3.03. The Bertz CT molecular complexity index is 632. The van der Waals surface area contributed by atoms with Gasteiger partial charge in [0.25, 0.3) is 0 Å². The number of rotatable bonds is 4. The van der Waals surface area contributed by atoms with Crippen molar-refractivity contribution >= 4 is 0 Å². The molecule has 0 atom stereocenters. The zero-order chi connectivity index (χ0) is 15.0. The van der Waals surface area contributed by atoms with Gasteiger partial charge in [0.1, 0.15) is 0 Å². The van der Waals surface area contributed by atoms with E-state index in [1.54, 1.807) is 0 Å². The molecule has 0 amide bonds. The normalized spacial score (nSPS) is 15.4. The predicted molar refractivity (Wildman–Crippen MR) is 85.0 cm³/mol. The van der Waals surface area contributed by atoms with Crippen LogP contribution in [0.2, 0.25) is 0 Å². The summed E-state index contributed by atoms with van der Waals surface area (Å²) in [4.78, 5) is 4.41. The second-order valence-electron chi connectivity index (χ2n) is 7.05. The SMILES string of the molecule is Cn1cc(-c2cncc(CNC3CC3)c2)c(C(C)(C)C)n1. The Morgan fingerprint density at radius 2 is 2.05 bits per heavy atom. The minimum absolute atomic E-state index is 0.0266. The van der Waals surface area contributed by atoms with Crippen LogP contribution in [0.4, 0.5) is 0 Å². The summed E-state index contributed by atoms with van der Waals surface area (Å²) in [5.41, 5.74) is 4.73. The molecule has 1 aliphatic carbocycles. The molecule has 2 aromatic rings. The maximum atomic E-state index is 4.65. The highest BCUT2D eigenvalue weighted by Gasteiger charge is 2.23. The molecule has 4 heteroatoms. The molecule has 0 radical (unpaired) electrons. The maximum Gasteiger partial charge on any atom is 0.0756 e. The van der Waals surface area contributed by atoms with Crippen molar-refractivity contribution in [3.8, 4) is 11.1 Å². The van der Waals surface area contributed by atoms with E-state index >= 15 is 0 Å². The Labute approximate surface area is 126 Å². The highest BCUT2D eigenvalue weighted by molar-refractivity contribution is 5.66. The van der Waals surface area contributed by atoms with E-state index in [2.05, 4.69) is 48.4 Å². The summed E-state index contributed by atoms with van der Waals surface area (Å²) in [5, 5.41) is 8.19. The third-order valence-corrected chi connectivity index (χ3v) is 3.82. The van der Waals surface area contributed by atoms with Crippen molar-refractivity contribution in [1.82, 2.24) is 20.1 Å². The minimum Gasteiger partial charge on any atom is -0.310 e. The van der Waals surface area contributed by atoms with Gasteiger partial charge in [-0.1, -0.05) is 20.8 Å². The molecule has 1 saturated carbocycles. The van der Waals surface area contributed by atoms with Crippen LogP contribution in [0.25, 0.3) is 11.1 Å². The Morgan fingerprint density at radius 3 is 2.71 bits per heavy atom. The Hall–Kier alpha value is -1.68. The third kappa shape index (κ3) is 3.32. The van der Waals surface area contributed by atoms with Gasteiger partial charge in [-0.3, -0.25) is 9.67 Å². The lowest BCUT2D eigenvalue weighted by molar-refractivity contribution is 0.554. The second kappa shape index (κ2) is 5.26. The number of hydrogen-bond acceptors (Lipinski definition) is 3. The van der Waals surface area contributed by atoms with E-state index in [0.29, 0.717) is 0 Å². The van der Waals surface area contributed by atoms with Gasteiger partial charge in [0, 0.05) is 54.8 Å². The van der Waals surface area contributed by atoms with Crippen LogP contribution in [0.3, 0.4) is 0 Å². The Balaban J connectivity index is 1.90. The second-order valence-corrected chi connectivity index (χ2v) is 7.05. The summed E-state index contributed by atoms with van der Waals surface area (Å²) in [5.74, 6) is 0. The summed E-state index contributed by atoms with van der Waals surface area (Å²) < 4.78 is 1.89. The summed E-state index contributed by atoms with van der Waals surface area (Å²) in [6.07, 6.45) is 8.60. The molecule has 21 heavy (non-hydrogen) atoms. The van der Waals surface area contributed by atoms with Crippen LogP contribution < -0.4 is 5.32 Å². The van der Waals surface area contributed by atoms with Gasteiger partial charge in [-0.25, -0.2) is 0 Å². The van der Waals surface area contributed by atoms with Crippen LogP contribution in [0, 0.1) is 0 Å². The lowest BCUT2D eigenvalue weighted by atomic mass is 9.88. The average molecular weight is 284 g/mol. The number of nitrogens with zero attached hydrogens (tertiary/aromatic N) is 3. The van der Waals surface area contributed by atoms with Gasteiger partial charge in [0.15, 0.2) is 0 Å². The Kier molecular flexibility index (Phi) is 3.57. The molecule has 1 fully saturated rings. The van der Waals surface area contributed by atoms with E-state index in [4.69, 9.17) is 0 Å². The largest absolute Gasteiger partial charge is 0.310 e. The molecule has 0 aromatic carbocycles. The van der Waals surface area contributed by atoms with E-state index in [1.807, 2.05) is 24.1 Å². The maximum absolute atomic E-state index is 4.65. The molecule has 1 N–H and O–H groups in total. The first-order valence-corrected chi connectivity index (χ1v) is 7.65. The van der Waals surface area contributed by atoms with E-state index in [1.165, 1.54) is 24.0 Å². The number of hydrogen-bond donors (Lipinski definition) is 1. The zero-order valence-corrected chi connectivity index (χ0v) is 13.3. The van der Waals surface area contributed by atoms with Gasteiger partial charge in [0.2, 0.25) is 0 Å². The van der Waals surface area contributed by atoms with E-state index in [-0.39, 0.29) is 5.41 Å². The zero-order valence-electron chi connectivity index (χ0n) is 13.3. The molecule has 0 aliphatic heterocycles. The van der Waals surface area contributed by atoms with Crippen molar-refractivity contribution in [1.29, 1.82) is 0 Å². The van der Waals surface area contributed by atoms with Gasteiger partial charge in [0.05, 0.1) is 5.69 Å². The monoisotopic (exact) mass is 284 g/mol. The highest BCUT2D eigenvalue weighted by atomic mass is 15.3. The molecule has 4 nitrogen and oxygen atoms in total. The first-order valence-electron chi connectivity index (χ1n) is 7.65. The summed E-state index contributed by atoms with van der Waals surface area (Å²) in [6.45, 7) is 7.50. The lowest BCUT2D eigenvalue weighted by Gasteiger charge is -2.17. The van der Waals surface area contributed by atoms with Gasteiger partial charge < -0.3 is 5.32 Å². The molecule has 1 aliphatic rings. The van der Waals surface area contributed by atoms with Crippen molar-refractivity contribution in [2.24, 2.45) is 7.05 Å². The summed E-state index contributed by atoms with van der Waals surface area (Å²) in [6, 6.07) is 2.95. The molecular formula is C17H24N4. The van der Waals surface area contributed by atoms with Crippen LogP contribution in [0.1, 0.15) is 44.9 Å². The van der Waals surface area contributed by atoms with Crippen LogP contribution in [-0.2, 0) is 19.0 Å². The average Bonchev–Trinajstić information content (AvgIpc) is 3.16. The van der Waals surface area contributed by atoms with Gasteiger partial charge in [-0.15, -0.1) is 0 Å².